The van der Waals surface area contributed by atoms with Gasteiger partial charge in [-0.25, -0.2) is 4.98 Å². The van der Waals surface area contributed by atoms with Gasteiger partial charge in [0.25, 0.3) is 5.91 Å². The van der Waals surface area contributed by atoms with Crippen LogP contribution >= 0.6 is 27.5 Å². The molecule has 0 aliphatic heterocycles. The van der Waals surface area contributed by atoms with Crippen LogP contribution in [0.3, 0.4) is 0 Å². The minimum atomic E-state index is -0.266. The Morgan fingerprint density at radius 1 is 1.06 bits per heavy atom. The molecule has 0 saturated heterocycles. The summed E-state index contributed by atoms with van der Waals surface area (Å²) in [5.41, 5.74) is 3.23. The molecule has 0 aliphatic rings. The highest BCUT2D eigenvalue weighted by Gasteiger charge is 2.18. The summed E-state index contributed by atoms with van der Waals surface area (Å²) in [4.78, 5) is 17.5. The van der Waals surface area contributed by atoms with Gasteiger partial charge in [0, 0.05) is 16.3 Å². The molecule has 5 rings (SSSR count). The molecule has 4 aromatic carbocycles. The lowest BCUT2D eigenvalue weighted by atomic mass is 10.0. The summed E-state index contributed by atoms with van der Waals surface area (Å²) < 4.78 is 12.1. The number of methoxy groups -OCH3 is 1. The second-order valence-corrected chi connectivity index (χ2v) is 8.38. The van der Waals surface area contributed by atoms with Gasteiger partial charge in [-0.2, -0.15) is 0 Å². The quantitative estimate of drug-likeness (QED) is 0.277. The second-order valence-electron chi connectivity index (χ2n) is 7.16. The number of halogens is 2. The van der Waals surface area contributed by atoms with E-state index in [2.05, 4.69) is 26.2 Å². The van der Waals surface area contributed by atoms with Crippen molar-refractivity contribution in [2.45, 2.75) is 0 Å². The van der Waals surface area contributed by atoms with Crippen molar-refractivity contribution in [1.82, 2.24) is 4.98 Å². The van der Waals surface area contributed by atoms with Gasteiger partial charge in [-0.05, 0) is 75.2 Å². The maximum atomic E-state index is 13.0. The highest BCUT2D eigenvalue weighted by atomic mass is 79.9. The third-order valence-corrected chi connectivity index (χ3v) is 6.15. The topological polar surface area (TPSA) is 64.4 Å². The molecule has 5 aromatic rings. The van der Waals surface area contributed by atoms with Crippen molar-refractivity contribution >= 4 is 61.0 Å². The summed E-state index contributed by atoms with van der Waals surface area (Å²) in [7, 11) is 1.55. The number of oxazole rings is 1. The SMILES string of the molecule is COc1c(C(=O)Nc2ccc(-c3nc4cc(Cl)ccc4o3)cc2)cc2ccccc2c1Br. The van der Waals surface area contributed by atoms with E-state index in [9.17, 15) is 4.79 Å². The number of nitrogens with one attached hydrogen (secondary N) is 1. The molecule has 32 heavy (non-hydrogen) atoms. The number of aromatic nitrogens is 1. The summed E-state index contributed by atoms with van der Waals surface area (Å²) in [6.07, 6.45) is 0. The summed E-state index contributed by atoms with van der Waals surface area (Å²) in [5.74, 6) is 0.709. The fraction of sp³-hybridized carbons (Fsp3) is 0.0400. The largest absolute Gasteiger partial charge is 0.495 e. The molecule has 158 valence electrons. The molecule has 1 heterocycles. The first kappa shape index (κ1) is 20.5. The number of fused-ring (bicyclic) bond motifs is 2. The van der Waals surface area contributed by atoms with E-state index in [1.807, 2.05) is 42.5 Å². The fourth-order valence-electron chi connectivity index (χ4n) is 3.57. The maximum absolute atomic E-state index is 13.0. The average molecular weight is 508 g/mol. The summed E-state index contributed by atoms with van der Waals surface area (Å²) >= 11 is 9.59. The van der Waals surface area contributed by atoms with Crippen molar-refractivity contribution < 1.29 is 13.9 Å². The first-order valence-corrected chi connectivity index (χ1v) is 10.9. The zero-order chi connectivity index (χ0) is 22.2. The normalized spacial score (nSPS) is 11.1. The first-order valence-electron chi connectivity index (χ1n) is 9.76. The van der Waals surface area contributed by atoms with Gasteiger partial charge in [-0.1, -0.05) is 35.9 Å². The second kappa shape index (κ2) is 8.30. The molecule has 7 heteroatoms. The zero-order valence-corrected chi connectivity index (χ0v) is 19.2. The first-order chi connectivity index (χ1) is 15.5. The maximum Gasteiger partial charge on any atom is 0.259 e. The molecule has 0 saturated carbocycles. The molecule has 0 spiro atoms. The van der Waals surface area contributed by atoms with E-state index in [0.29, 0.717) is 39.0 Å². The number of hydrogen-bond donors (Lipinski definition) is 1. The Balaban J connectivity index is 1.42. The lowest BCUT2D eigenvalue weighted by Crippen LogP contribution is -2.13. The summed E-state index contributed by atoms with van der Waals surface area (Å²) in [5, 5.41) is 5.45. The van der Waals surface area contributed by atoms with Crippen molar-refractivity contribution in [2.75, 3.05) is 12.4 Å². The van der Waals surface area contributed by atoms with Crippen molar-refractivity contribution in [3.05, 3.63) is 87.9 Å². The van der Waals surface area contributed by atoms with Crippen LogP contribution in [0, 0.1) is 0 Å². The number of hydrogen-bond acceptors (Lipinski definition) is 4. The average Bonchev–Trinajstić information content (AvgIpc) is 3.22. The molecule has 1 N–H and O–H groups in total. The van der Waals surface area contributed by atoms with Gasteiger partial charge in [0.15, 0.2) is 5.58 Å². The van der Waals surface area contributed by atoms with Crippen LogP contribution in [0.15, 0.2) is 81.7 Å². The molecule has 0 aliphatic carbocycles. The predicted octanol–water partition coefficient (Wildman–Crippen LogP) is 7.32. The highest BCUT2D eigenvalue weighted by Crippen LogP contribution is 2.37. The Hall–Kier alpha value is -3.35. The predicted molar refractivity (Wildman–Crippen MR) is 131 cm³/mol. The van der Waals surface area contributed by atoms with Gasteiger partial charge in [0.05, 0.1) is 17.1 Å². The molecule has 0 atom stereocenters. The molecular weight excluding hydrogens is 492 g/mol. The van der Waals surface area contributed by atoms with Crippen LogP contribution in [-0.2, 0) is 0 Å². The number of anilines is 1. The van der Waals surface area contributed by atoms with Crippen molar-refractivity contribution in [2.24, 2.45) is 0 Å². The van der Waals surface area contributed by atoms with Gasteiger partial charge in [0.2, 0.25) is 5.89 Å². The van der Waals surface area contributed by atoms with Crippen LogP contribution < -0.4 is 10.1 Å². The molecule has 1 amide bonds. The third kappa shape index (κ3) is 3.72. The van der Waals surface area contributed by atoms with Crippen molar-refractivity contribution in [3.8, 4) is 17.2 Å². The van der Waals surface area contributed by atoms with Crippen LogP contribution in [0.5, 0.6) is 5.75 Å². The Bertz CT molecular complexity index is 1480. The number of amides is 1. The van der Waals surface area contributed by atoms with Gasteiger partial charge in [-0.15, -0.1) is 0 Å². The van der Waals surface area contributed by atoms with Crippen LogP contribution in [0.1, 0.15) is 10.4 Å². The van der Waals surface area contributed by atoms with Gasteiger partial charge in [-0.3, -0.25) is 4.79 Å². The molecule has 5 nitrogen and oxygen atoms in total. The number of carbonyl (C=O) groups is 1. The molecule has 1 aromatic heterocycles. The fourth-order valence-corrected chi connectivity index (χ4v) is 4.47. The highest BCUT2D eigenvalue weighted by molar-refractivity contribution is 9.10. The standard InChI is InChI=1S/C25H16BrClN2O3/c1-31-23-19(12-15-4-2-3-5-18(15)22(23)26)24(30)28-17-9-6-14(7-10-17)25-29-20-13-16(27)8-11-21(20)32-25/h2-13H,1H3,(H,28,30). The Labute approximate surface area is 197 Å². The number of ether oxygens (including phenoxy) is 1. The monoisotopic (exact) mass is 506 g/mol. The molecular formula is C25H16BrClN2O3. The van der Waals surface area contributed by atoms with Crippen LogP contribution in [0.2, 0.25) is 5.02 Å². The Kier molecular flexibility index (Phi) is 5.33. The van der Waals surface area contributed by atoms with E-state index in [0.717, 1.165) is 20.8 Å². The van der Waals surface area contributed by atoms with E-state index in [1.54, 1.807) is 37.4 Å². The van der Waals surface area contributed by atoms with Crippen LogP contribution in [-0.4, -0.2) is 18.0 Å². The van der Waals surface area contributed by atoms with E-state index >= 15 is 0 Å². The Morgan fingerprint density at radius 3 is 2.62 bits per heavy atom. The molecule has 0 fully saturated rings. The smallest absolute Gasteiger partial charge is 0.259 e. The lowest BCUT2D eigenvalue weighted by molar-refractivity contribution is 0.102. The van der Waals surface area contributed by atoms with Crippen LogP contribution in [0.25, 0.3) is 33.3 Å². The molecule has 0 radical (unpaired) electrons. The van der Waals surface area contributed by atoms with E-state index in [1.165, 1.54) is 0 Å². The Morgan fingerprint density at radius 2 is 1.84 bits per heavy atom. The number of benzene rings is 4. The minimum Gasteiger partial charge on any atom is -0.495 e. The number of rotatable bonds is 4. The molecule has 0 unspecified atom stereocenters. The van der Waals surface area contributed by atoms with E-state index in [-0.39, 0.29) is 5.91 Å². The van der Waals surface area contributed by atoms with Gasteiger partial charge < -0.3 is 14.5 Å². The van der Waals surface area contributed by atoms with Gasteiger partial charge >= 0.3 is 0 Å². The number of carbonyl (C=O) groups excluding carboxylic acids is 1. The minimum absolute atomic E-state index is 0.266. The van der Waals surface area contributed by atoms with E-state index in [4.69, 9.17) is 20.8 Å². The van der Waals surface area contributed by atoms with Gasteiger partial charge in [0.1, 0.15) is 11.3 Å². The van der Waals surface area contributed by atoms with Crippen molar-refractivity contribution in [3.63, 3.8) is 0 Å². The summed E-state index contributed by atoms with van der Waals surface area (Å²) in [6.45, 7) is 0. The number of nitrogens with zero attached hydrogens (tertiary/aromatic N) is 1. The zero-order valence-electron chi connectivity index (χ0n) is 16.9. The summed E-state index contributed by atoms with van der Waals surface area (Å²) in [6, 6.07) is 22.2. The van der Waals surface area contributed by atoms with E-state index < -0.39 is 0 Å². The third-order valence-electron chi connectivity index (χ3n) is 5.13. The molecule has 0 bridgehead atoms. The van der Waals surface area contributed by atoms with Crippen molar-refractivity contribution in [1.29, 1.82) is 0 Å². The lowest BCUT2D eigenvalue weighted by Gasteiger charge is -2.13. The van der Waals surface area contributed by atoms with Crippen LogP contribution in [0.4, 0.5) is 5.69 Å².